The molecule has 0 spiro atoms. The molecular formula is C16H13NO3. The molecule has 20 heavy (non-hydrogen) atoms. The topological polar surface area (TPSA) is 34.2 Å². The number of benzene rings is 1. The van der Waals surface area contributed by atoms with Gasteiger partial charge >= 0.3 is 0 Å². The second kappa shape index (κ2) is 2.82. The van der Waals surface area contributed by atoms with E-state index in [4.69, 9.17) is 14.2 Å². The van der Waals surface area contributed by atoms with Crippen molar-refractivity contribution in [3.05, 3.63) is 46.6 Å². The summed E-state index contributed by atoms with van der Waals surface area (Å²) in [5.74, 6) is 4.15. The summed E-state index contributed by atoms with van der Waals surface area (Å²) in [6.07, 6.45) is 4.43. The van der Waals surface area contributed by atoms with Crippen molar-refractivity contribution in [1.82, 2.24) is 4.90 Å². The van der Waals surface area contributed by atoms with E-state index in [1.807, 2.05) is 0 Å². The van der Waals surface area contributed by atoms with Crippen LogP contribution in [0.15, 0.2) is 35.4 Å². The first kappa shape index (κ1) is 9.75. The largest absolute Gasteiger partial charge is 0.457 e. The Morgan fingerprint density at radius 2 is 2.05 bits per heavy atom. The smallest absolute Gasteiger partial charge is 0.231 e. The monoisotopic (exact) mass is 267 g/mol. The average molecular weight is 267 g/mol. The highest BCUT2D eigenvalue weighted by molar-refractivity contribution is 5.63. The lowest BCUT2D eigenvalue weighted by molar-refractivity contribution is 0.174. The first-order valence-electron chi connectivity index (χ1n) is 7.16. The van der Waals surface area contributed by atoms with E-state index in [1.165, 1.54) is 28.3 Å². The maximum Gasteiger partial charge on any atom is 0.231 e. The Morgan fingerprint density at radius 1 is 1.15 bits per heavy atom. The molecule has 0 saturated carbocycles. The second-order valence-corrected chi connectivity index (χ2v) is 6.09. The maximum absolute atomic E-state index is 5.83. The van der Waals surface area contributed by atoms with Gasteiger partial charge in [-0.25, -0.2) is 0 Å². The summed E-state index contributed by atoms with van der Waals surface area (Å²) in [6, 6.07) is 4.34. The van der Waals surface area contributed by atoms with E-state index in [1.54, 1.807) is 0 Å². The highest BCUT2D eigenvalue weighted by Crippen LogP contribution is 2.62. The second-order valence-electron chi connectivity index (χ2n) is 6.09. The Bertz CT molecular complexity index is 748. The first-order valence-corrected chi connectivity index (χ1v) is 7.16. The number of hydrogen-bond donors (Lipinski definition) is 0. The van der Waals surface area contributed by atoms with Gasteiger partial charge in [0.05, 0.1) is 5.41 Å². The van der Waals surface area contributed by atoms with Gasteiger partial charge < -0.3 is 19.1 Å². The third-order valence-corrected chi connectivity index (χ3v) is 5.26. The molecule has 0 aromatic heterocycles. The van der Waals surface area contributed by atoms with Crippen LogP contribution in [0.2, 0.25) is 0 Å². The molecule has 1 fully saturated rings. The van der Waals surface area contributed by atoms with Crippen molar-refractivity contribution in [2.75, 3.05) is 13.3 Å². The zero-order chi connectivity index (χ0) is 12.9. The molecule has 4 heterocycles. The Labute approximate surface area is 116 Å². The number of ether oxygens (including phenoxy) is 3. The van der Waals surface area contributed by atoms with Gasteiger partial charge in [0.15, 0.2) is 17.3 Å². The zero-order valence-corrected chi connectivity index (χ0v) is 10.9. The molecule has 0 amide bonds. The predicted octanol–water partition coefficient (Wildman–Crippen LogP) is 2.40. The zero-order valence-electron chi connectivity index (χ0n) is 10.9. The SMILES string of the molecule is C1=C2N3CCC2(C2=C(C1)O2)c1cc2c(cc1C3)OCO2. The van der Waals surface area contributed by atoms with E-state index in [0.717, 1.165) is 37.4 Å². The molecule has 5 aliphatic rings. The van der Waals surface area contributed by atoms with Crippen molar-refractivity contribution in [3.63, 3.8) is 0 Å². The fourth-order valence-electron chi connectivity index (χ4n) is 4.38. The molecule has 1 aromatic carbocycles. The van der Waals surface area contributed by atoms with Crippen molar-refractivity contribution in [3.8, 4) is 11.5 Å². The van der Waals surface area contributed by atoms with Gasteiger partial charge in [-0.2, -0.15) is 0 Å². The molecule has 1 atom stereocenters. The predicted molar refractivity (Wildman–Crippen MR) is 70.1 cm³/mol. The third-order valence-electron chi connectivity index (χ3n) is 5.26. The quantitative estimate of drug-likeness (QED) is 0.723. The maximum atomic E-state index is 5.83. The summed E-state index contributed by atoms with van der Waals surface area (Å²) in [5.41, 5.74) is 4.14. The van der Waals surface area contributed by atoms with Crippen molar-refractivity contribution < 1.29 is 14.2 Å². The van der Waals surface area contributed by atoms with Crippen LogP contribution in [0, 0.1) is 0 Å². The van der Waals surface area contributed by atoms with Crippen molar-refractivity contribution >= 4 is 0 Å². The van der Waals surface area contributed by atoms with Crippen LogP contribution < -0.4 is 9.47 Å². The molecule has 2 bridgehead atoms. The van der Waals surface area contributed by atoms with Crippen LogP contribution in [0.3, 0.4) is 0 Å². The highest BCUT2D eigenvalue weighted by atomic mass is 16.7. The molecule has 4 nitrogen and oxygen atoms in total. The lowest BCUT2D eigenvalue weighted by Gasteiger charge is -2.37. The lowest BCUT2D eigenvalue weighted by atomic mass is 9.71. The summed E-state index contributed by atoms with van der Waals surface area (Å²) in [6.45, 7) is 2.41. The van der Waals surface area contributed by atoms with Crippen LogP contribution in [-0.2, 0) is 16.7 Å². The van der Waals surface area contributed by atoms with Crippen LogP contribution in [0.25, 0.3) is 0 Å². The Kier molecular flexibility index (Phi) is 1.38. The van der Waals surface area contributed by atoms with E-state index >= 15 is 0 Å². The van der Waals surface area contributed by atoms with E-state index in [2.05, 4.69) is 23.1 Å². The van der Waals surface area contributed by atoms with Crippen LogP contribution in [-0.4, -0.2) is 18.2 Å². The van der Waals surface area contributed by atoms with Gasteiger partial charge in [0, 0.05) is 25.2 Å². The summed E-state index contributed by atoms with van der Waals surface area (Å²) in [4.78, 5) is 2.50. The molecule has 4 aliphatic heterocycles. The molecule has 0 radical (unpaired) electrons. The third kappa shape index (κ3) is 0.892. The van der Waals surface area contributed by atoms with Gasteiger partial charge in [-0.05, 0) is 29.7 Å². The summed E-state index contributed by atoms with van der Waals surface area (Å²) in [5, 5.41) is 0. The molecular weight excluding hydrogens is 254 g/mol. The minimum Gasteiger partial charge on any atom is -0.457 e. The van der Waals surface area contributed by atoms with E-state index < -0.39 is 0 Å². The first-order chi connectivity index (χ1) is 9.86. The molecule has 1 aliphatic carbocycles. The standard InChI is InChI=1S/C16H13NO3/c1-2-14-16(15-11(1)20-15)3-4-17(14)7-9-5-12-13(6-10(9)16)19-8-18-12/h2,5-6H,1,3-4,7-8H2. The lowest BCUT2D eigenvalue weighted by Crippen LogP contribution is -2.35. The van der Waals surface area contributed by atoms with Gasteiger partial charge in [-0.1, -0.05) is 6.08 Å². The number of hydrogen-bond acceptors (Lipinski definition) is 4. The van der Waals surface area contributed by atoms with E-state index in [0.29, 0.717) is 6.79 Å². The van der Waals surface area contributed by atoms with E-state index in [-0.39, 0.29) is 5.41 Å². The molecule has 1 saturated heterocycles. The fourth-order valence-corrected chi connectivity index (χ4v) is 4.38. The Hall–Kier alpha value is -2.10. The average Bonchev–Trinajstić information content (AvgIpc) is 3.04. The summed E-state index contributed by atoms with van der Waals surface area (Å²) >= 11 is 0. The van der Waals surface area contributed by atoms with Crippen molar-refractivity contribution in [2.24, 2.45) is 0 Å². The molecule has 100 valence electrons. The normalized spacial score (nSPS) is 30.4. The summed E-state index contributed by atoms with van der Waals surface area (Å²) < 4.78 is 16.9. The molecule has 1 aromatic rings. The van der Waals surface area contributed by atoms with Crippen LogP contribution >= 0.6 is 0 Å². The number of rotatable bonds is 0. The van der Waals surface area contributed by atoms with Gasteiger partial charge in [0.1, 0.15) is 5.76 Å². The van der Waals surface area contributed by atoms with Gasteiger partial charge in [0.25, 0.3) is 0 Å². The minimum absolute atomic E-state index is 0.0256. The van der Waals surface area contributed by atoms with Gasteiger partial charge in [0.2, 0.25) is 6.79 Å². The van der Waals surface area contributed by atoms with Gasteiger partial charge in [-0.15, -0.1) is 0 Å². The van der Waals surface area contributed by atoms with Crippen LogP contribution in [0.4, 0.5) is 0 Å². The number of fused-ring (bicyclic) bond motifs is 2. The van der Waals surface area contributed by atoms with E-state index in [9.17, 15) is 0 Å². The molecule has 1 unspecified atom stereocenters. The number of nitrogens with zero attached hydrogens (tertiary/aromatic N) is 1. The van der Waals surface area contributed by atoms with Crippen LogP contribution in [0.5, 0.6) is 11.5 Å². The minimum atomic E-state index is -0.0256. The Balaban J connectivity index is 1.68. The van der Waals surface area contributed by atoms with Crippen molar-refractivity contribution in [2.45, 2.75) is 24.8 Å². The molecule has 6 rings (SSSR count). The van der Waals surface area contributed by atoms with Crippen molar-refractivity contribution in [1.29, 1.82) is 0 Å². The van der Waals surface area contributed by atoms with Crippen LogP contribution in [0.1, 0.15) is 24.0 Å². The molecule has 0 N–H and O–H groups in total. The number of allylic oxidation sites excluding steroid dienone is 1. The van der Waals surface area contributed by atoms with Gasteiger partial charge in [-0.3, -0.25) is 0 Å². The Morgan fingerprint density at radius 3 is 3.00 bits per heavy atom. The molecule has 4 heteroatoms. The highest BCUT2D eigenvalue weighted by Gasteiger charge is 2.59. The summed E-state index contributed by atoms with van der Waals surface area (Å²) in [7, 11) is 0. The fraction of sp³-hybridized carbons (Fsp3) is 0.375.